The second kappa shape index (κ2) is 11.8. The highest BCUT2D eigenvalue weighted by atomic mass is 32.2. The predicted molar refractivity (Wildman–Crippen MR) is 152 cm³/mol. The van der Waals surface area contributed by atoms with Crippen molar-refractivity contribution in [3.05, 3.63) is 52.6 Å². The van der Waals surface area contributed by atoms with Gasteiger partial charge in [0, 0.05) is 39.1 Å². The molecule has 0 saturated heterocycles. The number of rotatable bonds is 7. The van der Waals surface area contributed by atoms with Crippen LogP contribution in [0.15, 0.2) is 46.4 Å². The van der Waals surface area contributed by atoms with Crippen LogP contribution >= 0.6 is 0 Å². The molecule has 0 bridgehead atoms. The Hall–Kier alpha value is -3.06. The summed E-state index contributed by atoms with van der Waals surface area (Å²) < 4.78 is 34.5. The highest BCUT2D eigenvalue weighted by molar-refractivity contribution is 7.89. The van der Waals surface area contributed by atoms with Crippen molar-refractivity contribution in [1.82, 2.24) is 14.1 Å². The SMILES string of the molecule is COC(=O)[C@]1(C(=O)C(N)CC2=CCCN(C(=N)N)C2)CC(C)=CCN1S(=O)(=O)c1ccc2c(c1)CCN(C)CC2. The first-order chi connectivity index (χ1) is 18.9. The van der Waals surface area contributed by atoms with Crippen molar-refractivity contribution in [2.45, 2.75) is 55.5 Å². The van der Waals surface area contributed by atoms with Gasteiger partial charge >= 0.3 is 5.97 Å². The Morgan fingerprint density at radius 1 is 1.15 bits per heavy atom. The molecule has 0 fully saturated rings. The molecule has 40 heavy (non-hydrogen) atoms. The maximum absolute atomic E-state index is 14.2. The molecule has 0 aromatic heterocycles. The molecule has 0 spiro atoms. The van der Waals surface area contributed by atoms with Crippen molar-refractivity contribution >= 4 is 27.7 Å². The standard InChI is InChI=1S/C28H40N6O5S/c1-19-8-14-34(40(37,38)23-7-6-21-9-12-32(2)13-10-22(21)16-23)28(17-19,26(36)39-3)25(35)24(29)15-20-5-4-11-33(18-20)27(30)31/h5-8,16,24H,4,9-15,17-18,29H2,1-3H3,(H3,30,31)/t24?,28-/m1/s1. The lowest BCUT2D eigenvalue weighted by molar-refractivity contribution is -0.158. The number of hydrogen-bond acceptors (Lipinski definition) is 8. The Morgan fingerprint density at radius 2 is 1.85 bits per heavy atom. The number of nitrogens with zero attached hydrogens (tertiary/aromatic N) is 3. The van der Waals surface area contributed by atoms with Gasteiger partial charge in [0.05, 0.1) is 18.0 Å². The second-order valence-corrected chi connectivity index (χ2v) is 12.8. The van der Waals surface area contributed by atoms with Crippen LogP contribution in [0, 0.1) is 5.41 Å². The van der Waals surface area contributed by atoms with Crippen LogP contribution in [0.4, 0.5) is 0 Å². The number of carbonyl (C=O) groups excluding carboxylic acids is 2. The molecule has 1 aromatic rings. The van der Waals surface area contributed by atoms with Crippen LogP contribution in [0.1, 0.15) is 37.3 Å². The number of benzene rings is 1. The van der Waals surface area contributed by atoms with Gasteiger partial charge in [-0.05, 0) is 62.9 Å². The molecule has 0 radical (unpaired) electrons. The number of carbonyl (C=O) groups is 2. The lowest BCUT2D eigenvalue weighted by Gasteiger charge is -2.43. The molecular weight excluding hydrogens is 532 g/mol. The Labute approximate surface area is 236 Å². The Bertz CT molecular complexity index is 1360. The summed E-state index contributed by atoms with van der Waals surface area (Å²) in [7, 11) is -1.13. The van der Waals surface area contributed by atoms with E-state index in [1.165, 1.54) is 0 Å². The first-order valence-corrected chi connectivity index (χ1v) is 15.0. The number of esters is 1. The van der Waals surface area contributed by atoms with E-state index in [4.69, 9.17) is 21.6 Å². The minimum absolute atomic E-state index is 0.0329. The van der Waals surface area contributed by atoms with Gasteiger partial charge in [-0.2, -0.15) is 4.31 Å². The average molecular weight is 573 g/mol. The monoisotopic (exact) mass is 572 g/mol. The fourth-order valence-electron chi connectivity index (χ4n) is 5.86. The van der Waals surface area contributed by atoms with Crippen LogP contribution in [0.5, 0.6) is 0 Å². The summed E-state index contributed by atoms with van der Waals surface area (Å²) in [6.45, 7) is 4.20. The van der Waals surface area contributed by atoms with Gasteiger partial charge in [-0.25, -0.2) is 13.2 Å². The molecule has 1 unspecified atom stereocenters. The third-order valence-electron chi connectivity index (χ3n) is 8.17. The van der Waals surface area contributed by atoms with Crippen molar-refractivity contribution in [3.8, 4) is 0 Å². The molecule has 3 aliphatic heterocycles. The Morgan fingerprint density at radius 3 is 2.52 bits per heavy atom. The van der Waals surface area contributed by atoms with Crippen molar-refractivity contribution in [3.63, 3.8) is 0 Å². The number of likely N-dealkylation sites (N-methyl/N-ethyl adjacent to an activating group) is 1. The minimum Gasteiger partial charge on any atom is -0.467 e. The number of nitrogens with two attached hydrogens (primary N) is 2. The van der Waals surface area contributed by atoms with E-state index in [1.807, 2.05) is 19.2 Å². The van der Waals surface area contributed by atoms with Crippen LogP contribution in [0.25, 0.3) is 0 Å². The van der Waals surface area contributed by atoms with Crippen LogP contribution in [-0.4, -0.2) is 98.7 Å². The van der Waals surface area contributed by atoms with E-state index in [2.05, 4.69) is 4.90 Å². The molecule has 5 N–H and O–H groups in total. The van der Waals surface area contributed by atoms with E-state index in [-0.39, 0.29) is 30.2 Å². The molecule has 11 nitrogen and oxygen atoms in total. The molecule has 1 aromatic carbocycles. The molecular formula is C28H40N6O5S. The van der Waals surface area contributed by atoms with Crippen molar-refractivity contribution < 1.29 is 22.7 Å². The number of ketones is 1. The van der Waals surface area contributed by atoms with Crippen LogP contribution in [0.3, 0.4) is 0 Å². The maximum Gasteiger partial charge on any atom is 0.335 e. The summed E-state index contributed by atoms with van der Waals surface area (Å²) in [6, 6.07) is 3.88. The molecule has 12 heteroatoms. The summed E-state index contributed by atoms with van der Waals surface area (Å²) in [5.41, 5.74) is 13.5. The minimum atomic E-state index is -4.31. The topological polar surface area (TPSA) is 163 Å². The molecule has 4 rings (SSSR count). The molecule has 0 amide bonds. The fraction of sp³-hybridized carbons (Fsp3) is 0.536. The van der Waals surface area contributed by atoms with Crippen LogP contribution in [0.2, 0.25) is 0 Å². The van der Waals surface area contributed by atoms with Crippen molar-refractivity contribution in [1.29, 1.82) is 5.41 Å². The zero-order chi connectivity index (χ0) is 29.2. The molecule has 3 heterocycles. The normalized spacial score (nSPS) is 23.4. The zero-order valence-corrected chi connectivity index (χ0v) is 24.3. The summed E-state index contributed by atoms with van der Waals surface area (Å²) in [4.78, 5) is 31.6. The maximum atomic E-state index is 14.2. The smallest absolute Gasteiger partial charge is 0.335 e. The summed E-state index contributed by atoms with van der Waals surface area (Å²) in [6.07, 6.45) is 5.76. The van der Waals surface area contributed by atoms with Crippen molar-refractivity contribution in [2.75, 3.05) is 46.9 Å². The third kappa shape index (κ3) is 5.71. The van der Waals surface area contributed by atoms with Crippen LogP contribution in [-0.2, 0) is 37.2 Å². The van der Waals surface area contributed by atoms with Gasteiger partial charge in [-0.3, -0.25) is 10.2 Å². The fourth-order valence-corrected chi connectivity index (χ4v) is 7.56. The lowest BCUT2D eigenvalue weighted by atomic mass is 9.80. The number of nitrogens with one attached hydrogen (secondary N) is 1. The van der Waals surface area contributed by atoms with Gasteiger partial charge in [0.1, 0.15) is 0 Å². The number of fused-ring (bicyclic) bond motifs is 1. The van der Waals surface area contributed by atoms with E-state index in [0.29, 0.717) is 31.5 Å². The molecule has 0 saturated carbocycles. The predicted octanol–water partition coefficient (Wildman–Crippen LogP) is 0.782. The Balaban J connectivity index is 1.72. The number of Topliss-reactive ketones (excluding diaryl/α,β-unsaturated/α-hetero) is 1. The van der Waals surface area contributed by atoms with Gasteiger partial charge in [0.2, 0.25) is 10.0 Å². The van der Waals surface area contributed by atoms with E-state index >= 15 is 0 Å². The largest absolute Gasteiger partial charge is 0.467 e. The highest BCUT2D eigenvalue weighted by Crippen LogP contribution is 2.37. The number of sulfonamides is 1. The molecule has 218 valence electrons. The van der Waals surface area contributed by atoms with Gasteiger partial charge in [-0.1, -0.05) is 29.4 Å². The first kappa shape index (κ1) is 29.9. The van der Waals surface area contributed by atoms with E-state index in [0.717, 1.165) is 47.6 Å². The molecule has 3 aliphatic rings. The average Bonchev–Trinajstić information content (AvgIpc) is 3.12. The first-order valence-electron chi connectivity index (χ1n) is 13.5. The number of ether oxygens (including phenoxy) is 1. The molecule has 0 aliphatic carbocycles. The van der Waals surface area contributed by atoms with Gasteiger partial charge < -0.3 is 26.0 Å². The van der Waals surface area contributed by atoms with E-state index < -0.39 is 33.4 Å². The quantitative estimate of drug-likeness (QED) is 0.141. The van der Waals surface area contributed by atoms with E-state index in [9.17, 15) is 18.0 Å². The summed E-state index contributed by atoms with van der Waals surface area (Å²) in [5.74, 6) is -1.75. The van der Waals surface area contributed by atoms with Crippen molar-refractivity contribution in [2.24, 2.45) is 11.5 Å². The van der Waals surface area contributed by atoms with Gasteiger partial charge in [0.15, 0.2) is 17.3 Å². The lowest BCUT2D eigenvalue weighted by Crippen LogP contribution is -2.67. The van der Waals surface area contributed by atoms with E-state index in [1.54, 1.807) is 30.0 Å². The Kier molecular flexibility index (Phi) is 8.83. The summed E-state index contributed by atoms with van der Waals surface area (Å²) in [5, 5.41) is 7.73. The summed E-state index contributed by atoms with van der Waals surface area (Å²) >= 11 is 0. The third-order valence-corrected chi connectivity index (χ3v) is 10.1. The zero-order valence-electron chi connectivity index (χ0n) is 23.5. The van der Waals surface area contributed by atoms with Crippen LogP contribution < -0.4 is 11.5 Å². The second-order valence-electron chi connectivity index (χ2n) is 11.0. The number of methoxy groups -OCH3 is 1. The molecule has 2 atom stereocenters. The number of guanidine groups is 1. The van der Waals surface area contributed by atoms with Gasteiger partial charge in [0.25, 0.3) is 0 Å². The highest BCUT2D eigenvalue weighted by Gasteiger charge is 2.58. The number of hydrogen-bond donors (Lipinski definition) is 3. The van der Waals surface area contributed by atoms with Gasteiger partial charge in [-0.15, -0.1) is 0 Å².